The van der Waals surface area contributed by atoms with E-state index in [-0.39, 0.29) is 12.3 Å². The second-order valence-electron chi connectivity index (χ2n) is 4.50. The van der Waals surface area contributed by atoms with Crippen LogP contribution in [0.5, 0.6) is 0 Å². The predicted octanol–water partition coefficient (Wildman–Crippen LogP) is 0.317. The first kappa shape index (κ1) is 12.8. The normalized spacial score (nSPS) is 15.8. The maximum Gasteiger partial charge on any atom is 0.269 e. The van der Waals surface area contributed by atoms with Crippen molar-refractivity contribution in [2.45, 2.75) is 31.7 Å². The maximum atomic E-state index is 10.9. The lowest BCUT2D eigenvalue weighted by atomic mass is 10.2. The standard InChI is InChI=1S/C12H18N4O2/c13-12(18)10-5-6-11(15-14-10)16(7-8-17)9-3-1-2-4-9/h5-6,9,17H,1-4,7-8H2,(H2,13,18). The number of hydrogen-bond donors (Lipinski definition) is 2. The molecule has 0 radical (unpaired) electrons. The van der Waals surface area contributed by atoms with Crippen LogP contribution in [0, 0.1) is 0 Å². The second kappa shape index (κ2) is 5.77. The van der Waals surface area contributed by atoms with Gasteiger partial charge in [-0.2, -0.15) is 0 Å². The number of aliphatic hydroxyl groups excluding tert-OH is 1. The molecule has 0 aromatic carbocycles. The highest BCUT2D eigenvalue weighted by Gasteiger charge is 2.23. The van der Waals surface area contributed by atoms with Gasteiger partial charge in [0, 0.05) is 12.6 Å². The Morgan fingerprint density at radius 3 is 2.61 bits per heavy atom. The molecule has 0 unspecified atom stereocenters. The first-order chi connectivity index (χ1) is 8.72. The Morgan fingerprint density at radius 2 is 2.11 bits per heavy atom. The van der Waals surface area contributed by atoms with Gasteiger partial charge in [0.05, 0.1) is 6.61 Å². The number of carbonyl (C=O) groups excluding carboxylic acids is 1. The Bertz CT molecular complexity index is 401. The molecule has 0 spiro atoms. The van der Waals surface area contributed by atoms with Crippen LogP contribution >= 0.6 is 0 Å². The minimum atomic E-state index is -0.580. The smallest absolute Gasteiger partial charge is 0.269 e. The molecule has 18 heavy (non-hydrogen) atoms. The molecule has 1 saturated carbocycles. The molecule has 6 heteroatoms. The fourth-order valence-electron chi connectivity index (χ4n) is 2.42. The van der Waals surface area contributed by atoms with Gasteiger partial charge in [-0.1, -0.05) is 12.8 Å². The van der Waals surface area contributed by atoms with Gasteiger partial charge < -0.3 is 15.7 Å². The van der Waals surface area contributed by atoms with Gasteiger partial charge >= 0.3 is 0 Å². The molecular formula is C12H18N4O2. The average molecular weight is 250 g/mol. The number of aromatic nitrogens is 2. The Labute approximate surface area is 106 Å². The fraction of sp³-hybridized carbons (Fsp3) is 0.583. The molecular weight excluding hydrogens is 232 g/mol. The van der Waals surface area contributed by atoms with E-state index in [1.165, 1.54) is 12.8 Å². The number of rotatable bonds is 5. The fourth-order valence-corrected chi connectivity index (χ4v) is 2.42. The molecule has 1 aliphatic rings. The number of amides is 1. The van der Waals surface area contributed by atoms with E-state index in [0.29, 0.717) is 18.4 Å². The van der Waals surface area contributed by atoms with Crippen LogP contribution < -0.4 is 10.6 Å². The van der Waals surface area contributed by atoms with E-state index >= 15 is 0 Å². The second-order valence-corrected chi connectivity index (χ2v) is 4.50. The molecule has 1 fully saturated rings. The molecule has 2 rings (SSSR count). The Morgan fingerprint density at radius 1 is 1.39 bits per heavy atom. The van der Waals surface area contributed by atoms with Crippen LogP contribution in [-0.4, -0.2) is 40.4 Å². The zero-order chi connectivity index (χ0) is 13.0. The van der Waals surface area contributed by atoms with Crippen LogP contribution in [0.3, 0.4) is 0 Å². The quantitative estimate of drug-likeness (QED) is 0.785. The summed E-state index contributed by atoms with van der Waals surface area (Å²) in [4.78, 5) is 13.0. The highest BCUT2D eigenvalue weighted by atomic mass is 16.3. The number of nitrogens with two attached hydrogens (primary N) is 1. The van der Waals surface area contributed by atoms with Crippen LogP contribution in [0.25, 0.3) is 0 Å². The summed E-state index contributed by atoms with van der Waals surface area (Å²) in [5.41, 5.74) is 5.29. The predicted molar refractivity (Wildman–Crippen MR) is 67.2 cm³/mol. The summed E-state index contributed by atoms with van der Waals surface area (Å²) in [6, 6.07) is 3.72. The van der Waals surface area contributed by atoms with Gasteiger partial charge in [0.1, 0.15) is 0 Å². The third-order valence-electron chi connectivity index (χ3n) is 3.30. The third-order valence-corrected chi connectivity index (χ3v) is 3.30. The van der Waals surface area contributed by atoms with Gasteiger partial charge in [-0.15, -0.1) is 10.2 Å². The van der Waals surface area contributed by atoms with Gasteiger partial charge in [0.15, 0.2) is 11.5 Å². The van der Waals surface area contributed by atoms with E-state index in [1.54, 1.807) is 12.1 Å². The first-order valence-corrected chi connectivity index (χ1v) is 6.23. The summed E-state index contributed by atoms with van der Waals surface area (Å²) in [6.45, 7) is 0.616. The number of primary amides is 1. The zero-order valence-electron chi connectivity index (χ0n) is 10.2. The van der Waals surface area contributed by atoms with Crippen molar-refractivity contribution in [2.75, 3.05) is 18.1 Å². The molecule has 0 atom stereocenters. The number of anilines is 1. The van der Waals surface area contributed by atoms with Crippen molar-refractivity contribution in [3.05, 3.63) is 17.8 Å². The van der Waals surface area contributed by atoms with Gasteiger partial charge in [-0.3, -0.25) is 4.79 Å². The summed E-state index contributed by atoms with van der Waals surface area (Å²) in [7, 11) is 0. The minimum Gasteiger partial charge on any atom is -0.395 e. The lowest BCUT2D eigenvalue weighted by molar-refractivity contribution is 0.0994. The van der Waals surface area contributed by atoms with E-state index in [9.17, 15) is 4.79 Å². The van der Waals surface area contributed by atoms with Crippen molar-refractivity contribution in [1.82, 2.24) is 10.2 Å². The monoisotopic (exact) mass is 250 g/mol. The highest BCUT2D eigenvalue weighted by Crippen LogP contribution is 2.26. The van der Waals surface area contributed by atoms with Gasteiger partial charge in [0.25, 0.3) is 5.91 Å². The Balaban J connectivity index is 2.16. The molecule has 1 heterocycles. The lowest BCUT2D eigenvalue weighted by Gasteiger charge is -2.28. The molecule has 1 amide bonds. The molecule has 0 bridgehead atoms. The summed E-state index contributed by atoms with van der Waals surface area (Å²) < 4.78 is 0. The van der Waals surface area contributed by atoms with E-state index in [0.717, 1.165) is 12.8 Å². The van der Waals surface area contributed by atoms with E-state index in [2.05, 4.69) is 15.1 Å². The first-order valence-electron chi connectivity index (χ1n) is 6.23. The molecule has 0 saturated heterocycles. The highest BCUT2D eigenvalue weighted by molar-refractivity contribution is 5.90. The summed E-state index contributed by atoms with van der Waals surface area (Å²) in [5.74, 6) is 0.115. The van der Waals surface area contributed by atoms with Gasteiger partial charge in [0.2, 0.25) is 0 Å². The van der Waals surface area contributed by atoms with Crippen LogP contribution in [0.15, 0.2) is 12.1 Å². The molecule has 98 valence electrons. The van der Waals surface area contributed by atoms with E-state index in [1.807, 2.05) is 0 Å². The van der Waals surface area contributed by atoms with Gasteiger partial charge in [-0.05, 0) is 25.0 Å². The molecule has 1 aromatic heterocycles. The summed E-state index contributed by atoms with van der Waals surface area (Å²) in [6.07, 6.45) is 4.64. The van der Waals surface area contributed by atoms with Crippen molar-refractivity contribution >= 4 is 11.7 Å². The zero-order valence-corrected chi connectivity index (χ0v) is 10.2. The number of carbonyl (C=O) groups is 1. The molecule has 1 aliphatic carbocycles. The number of hydrogen-bond acceptors (Lipinski definition) is 5. The largest absolute Gasteiger partial charge is 0.395 e. The lowest BCUT2D eigenvalue weighted by Crippen LogP contribution is -2.36. The minimum absolute atomic E-state index is 0.0791. The van der Waals surface area contributed by atoms with Gasteiger partial charge in [-0.25, -0.2) is 0 Å². The van der Waals surface area contributed by atoms with Crippen molar-refractivity contribution in [3.63, 3.8) is 0 Å². The Hall–Kier alpha value is -1.69. The summed E-state index contributed by atoms with van der Waals surface area (Å²) >= 11 is 0. The maximum absolute atomic E-state index is 10.9. The van der Waals surface area contributed by atoms with Crippen molar-refractivity contribution in [1.29, 1.82) is 0 Å². The average Bonchev–Trinajstić information content (AvgIpc) is 2.90. The van der Waals surface area contributed by atoms with Crippen LogP contribution in [-0.2, 0) is 0 Å². The SMILES string of the molecule is NC(=O)c1ccc(N(CCO)C2CCCC2)nn1. The van der Waals surface area contributed by atoms with Crippen molar-refractivity contribution < 1.29 is 9.90 Å². The Kier molecular flexibility index (Phi) is 4.09. The van der Waals surface area contributed by atoms with E-state index < -0.39 is 5.91 Å². The number of aliphatic hydroxyl groups is 1. The molecule has 6 nitrogen and oxygen atoms in total. The summed E-state index contributed by atoms with van der Waals surface area (Å²) in [5, 5.41) is 17.0. The van der Waals surface area contributed by atoms with Crippen LogP contribution in [0.2, 0.25) is 0 Å². The topological polar surface area (TPSA) is 92.3 Å². The molecule has 1 aromatic rings. The molecule has 3 N–H and O–H groups in total. The third kappa shape index (κ3) is 2.76. The van der Waals surface area contributed by atoms with Crippen molar-refractivity contribution in [3.8, 4) is 0 Å². The molecule has 0 aliphatic heterocycles. The van der Waals surface area contributed by atoms with Crippen LogP contribution in [0.1, 0.15) is 36.2 Å². The number of nitrogens with zero attached hydrogens (tertiary/aromatic N) is 3. The van der Waals surface area contributed by atoms with Crippen molar-refractivity contribution in [2.24, 2.45) is 5.73 Å². The van der Waals surface area contributed by atoms with E-state index in [4.69, 9.17) is 10.8 Å². The van der Waals surface area contributed by atoms with Crippen LogP contribution in [0.4, 0.5) is 5.82 Å².